The number of methoxy groups -OCH3 is 1. The van der Waals surface area contributed by atoms with Crippen LogP contribution in [-0.2, 0) is 15.8 Å². The molecule has 3 aromatic rings. The summed E-state index contributed by atoms with van der Waals surface area (Å²) in [5, 5.41) is 2.70. The van der Waals surface area contributed by atoms with Crippen molar-refractivity contribution in [1.29, 1.82) is 0 Å². The summed E-state index contributed by atoms with van der Waals surface area (Å²) in [5.74, 6) is 1.77. The minimum atomic E-state index is -1.53. The van der Waals surface area contributed by atoms with E-state index in [1.54, 1.807) is 37.3 Å². The van der Waals surface area contributed by atoms with Crippen molar-refractivity contribution in [3.8, 4) is 17.1 Å². The Morgan fingerprint density at radius 1 is 1.14 bits per heavy atom. The number of amides is 1. The molecule has 0 saturated heterocycles. The molecule has 1 amide bonds. The molecule has 0 saturated carbocycles. The Balaban J connectivity index is 1.77. The van der Waals surface area contributed by atoms with Crippen LogP contribution in [0.5, 0.6) is 5.75 Å². The van der Waals surface area contributed by atoms with Crippen molar-refractivity contribution >= 4 is 28.3 Å². The van der Waals surface area contributed by atoms with Gasteiger partial charge in [0, 0.05) is 11.3 Å². The highest BCUT2D eigenvalue weighted by Crippen LogP contribution is 2.30. The van der Waals surface area contributed by atoms with Crippen molar-refractivity contribution in [1.82, 2.24) is 0 Å². The average molecular weight is 413 g/mol. The number of hydrogen-bond donors (Lipinski definition) is 3. The monoisotopic (exact) mass is 413 g/mol. The molecule has 4 N–H and O–H groups in total. The number of carbonyl (C=O) groups excluding carboxylic acids is 1. The summed E-state index contributed by atoms with van der Waals surface area (Å²) >= 11 is 0. The zero-order valence-electron chi connectivity index (χ0n) is 16.4. The van der Waals surface area contributed by atoms with E-state index in [4.69, 9.17) is 14.9 Å². The van der Waals surface area contributed by atoms with Gasteiger partial charge in [-0.25, -0.2) is 4.21 Å². The molecule has 152 valence electrons. The van der Waals surface area contributed by atoms with Crippen LogP contribution in [0, 0.1) is 6.92 Å². The van der Waals surface area contributed by atoms with E-state index in [9.17, 15) is 9.00 Å². The second-order valence-corrected chi connectivity index (χ2v) is 7.71. The van der Waals surface area contributed by atoms with Crippen molar-refractivity contribution in [2.45, 2.75) is 24.8 Å². The van der Waals surface area contributed by atoms with E-state index < -0.39 is 17.0 Å². The lowest BCUT2D eigenvalue weighted by atomic mass is 10.2. The number of hydrogen-bond acceptors (Lipinski definition) is 5. The van der Waals surface area contributed by atoms with Gasteiger partial charge < -0.3 is 20.2 Å². The van der Waals surface area contributed by atoms with Crippen molar-refractivity contribution in [3.05, 3.63) is 60.4 Å². The van der Waals surface area contributed by atoms with Gasteiger partial charge in [-0.05, 0) is 68.4 Å². The minimum Gasteiger partial charge on any atom is -0.495 e. The standard InChI is InChI=1S/C21H23N3O4S/c1-13-4-10-19(28-13)15-5-8-17(9-6-15)29(26)24-18-12-16(7-11-20(18)27-3)23-21(25)14(2)22/h4-12,14,24H,22H2,1-3H3,(H,23,25). The van der Waals surface area contributed by atoms with Crippen LogP contribution in [0.2, 0.25) is 0 Å². The van der Waals surface area contributed by atoms with E-state index in [1.807, 2.05) is 31.2 Å². The summed E-state index contributed by atoms with van der Waals surface area (Å²) < 4.78 is 26.6. The number of aryl methyl sites for hydroxylation is 1. The molecular weight excluding hydrogens is 390 g/mol. The summed E-state index contributed by atoms with van der Waals surface area (Å²) in [5.41, 5.74) is 7.49. The predicted octanol–water partition coefficient (Wildman–Crippen LogP) is 3.68. The molecule has 8 heteroatoms. The summed E-state index contributed by atoms with van der Waals surface area (Å²) in [6.07, 6.45) is 0. The molecule has 0 aliphatic heterocycles. The SMILES string of the molecule is COc1ccc(NC(=O)C(C)N)cc1NS(=O)c1ccc(-c2ccc(C)o2)cc1. The van der Waals surface area contributed by atoms with Gasteiger partial charge in [0.15, 0.2) is 0 Å². The first kappa shape index (κ1) is 20.6. The van der Waals surface area contributed by atoms with Gasteiger partial charge in [-0.15, -0.1) is 0 Å². The van der Waals surface area contributed by atoms with E-state index in [2.05, 4.69) is 10.0 Å². The molecule has 0 fully saturated rings. The summed E-state index contributed by atoms with van der Waals surface area (Å²) in [7, 11) is -0.0158. The van der Waals surface area contributed by atoms with E-state index in [-0.39, 0.29) is 5.91 Å². The Hall–Kier alpha value is -3.10. The first-order valence-corrected chi connectivity index (χ1v) is 10.1. The molecule has 2 unspecified atom stereocenters. The van der Waals surface area contributed by atoms with Crippen molar-refractivity contribution in [2.24, 2.45) is 5.73 Å². The zero-order chi connectivity index (χ0) is 21.0. The molecule has 0 aliphatic rings. The van der Waals surface area contributed by atoms with E-state index >= 15 is 0 Å². The van der Waals surface area contributed by atoms with Gasteiger partial charge >= 0.3 is 0 Å². The molecule has 7 nitrogen and oxygen atoms in total. The Morgan fingerprint density at radius 2 is 1.86 bits per heavy atom. The number of rotatable bonds is 7. The predicted molar refractivity (Wildman–Crippen MR) is 114 cm³/mol. The minimum absolute atomic E-state index is 0.314. The van der Waals surface area contributed by atoms with Gasteiger partial charge in [-0.1, -0.05) is 0 Å². The fourth-order valence-electron chi connectivity index (χ4n) is 2.61. The number of carbonyl (C=O) groups is 1. The maximum atomic E-state index is 12.8. The van der Waals surface area contributed by atoms with Crippen LogP contribution < -0.4 is 20.5 Å². The lowest BCUT2D eigenvalue weighted by Crippen LogP contribution is -2.32. The Labute approximate surface area is 171 Å². The summed E-state index contributed by atoms with van der Waals surface area (Å²) in [6.45, 7) is 3.48. The molecule has 29 heavy (non-hydrogen) atoms. The number of nitrogens with one attached hydrogen (secondary N) is 2. The lowest BCUT2D eigenvalue weighted by molar-refractivity contribution is -0.117. The molecule has 3 rings (SSSR count). The fraction of sp³-hybridized carbons (Fsp3) is 0.190. The highest BCUT2D eigenvalue weighted by atomic mass is 32.2. The van der Waals surface area contributed by atoms with Crippen molar-refractivity contribution in [2.75, 3.05) is 17.1 Å². The largest absolute Gasteiger partial charge is 0.495 e. The normalized spacial score (nSPS) is 12.8. The molecule has 0 radical (unpaired) electrons. The third-order valence-corrected chi connectivity index (χ3v) is 5.28. The topological polar surface area (TPSA) is 107 Å². The van der Waals surface area contributed by atoms with Gasteiger partial charge in [-0.2, -0.15) is 0 Å². The smallest absolute Gasteiger partial charge is 0.240 e. The number of furan rings is 1. The van der Waals surface area contributed by atoms with Gasteiger partial charge in [0.25, 0.3) is 0 Å². The van der Waals surface area contributed by atoms with Crippen LogP contribution in [0.15, 0.2) is 63.9 Å². The zero-order valence-corrected chi connectivity index (χ0v) is 17.2. The van der Waals surface area contributed by atoms with Gasteiger partial charge in [0.05, 0.1) is 23.7 Å². The Bertz CT molecular complexity index is 1030. The van der Waals surface area contributed by atoms with E-state index in [0.717, 1.165) is 17.1 Å². The van der Waals surface area contributed by atoms with Crippen LogP contribution in [-0.4, -0.2) is 23.3 Å². The Morgan fingerprint density at radius 3 is 2.45 bits per heavy atom. The second kappa shape index (κ2) is 8.93. The lowest BCUT2D eigenvalue weighted by Gasteiger charge is -2.14. The number of nitrogens with two attached hydrogens (primary N) is 1. The van der Waals surface area contributed by atoms with Crippen LogP contribution in [0.4, 0.5) is 11.4 Å². The molecule has 2 atom stereocenters. The second-order valence-electron chi connectivity index (χ2n) is 6.50. The molecular formula is C21H23N3O4S. The number of anilines is 2. The van der Waals surface area contributed by atoms with Crippen molar-refractivity contribution < 1.29 is 18.2 Å². The highest BCUT2D eigenvalue weighted by Gasteiger charge is 2.13. The van der Waals surface area contributed by atoms with Crippen LogP contribution in [0.1, 0.15) is 12.7 Å². The number of benzene rings is 2. The first-order valence-electron chi connectivity index (χ1n) is 8.97. The van der Waals surface area contributed by atoms with Gasteiger partial charge in [0.2, 0.25) is 5.91 Å². The van der Waals surface area contributed by atoms with E-state index in [0.29, 0.717) is 22.0 Å². The van der Waals surface area contributed by atoms with Crippen LogP contribution >= 0.6 is 0 Å². The van der Waals surface area contributed by atoms with Gasteiger partial charge in [-0.3, -0.25) is 9.52 Å². The van der Waals surface area contributed by atoms with Gasteiger partial charge in [0.1, 0.15) is 28.3 Å². The fourth-order valence-corrected chi connectivity index (χ4v) is 3.47. The Kier molecular flexibility index (Phi) is 6.36. The molecule has 1 heterocycles. The van der Waals surface area contributed by atoms with E-state index in [1.165, 1.54) is 7.11 Å². The molecule has 2 aromatic carbocycles. The molecule has 0 aliphatic carbocycles. The first-order chi connectivity index (χ1) is 13.9. The highest BCUT2D eigenvalue weighted by molar-refractivity contribution is 7.86. The summed E-state index contributed by atoms with van der Waals surface area (Å²) in [6, 6.07) is 15.4. The maximum absolute atomic E-state index is 12.8. The van der Waals surface area contributed by atoms with Crippen LogP contribution in [0.25, 0.3) is 11.3 Å². The number of ether oxygens (including phenoxy) is 1. The molecule has 0 spiro atoms. The molecule has 1 aromatic heterocycles. The average Bonchev–Trinajstić information content (AvgIpc) is 3.14. The van der Waals surface area contributed by atoms with Crippen LogP contribution in [0.3, 0.4) is 0 Å². The quantitative estimate of drug-likeness (QED) is 0.548. The van der Waals surface area contributed by atoms with Crippen molar-refractivity contribution in [3.63, 3.8) is 0 Å². The summed E-state index contributed by atoms with van der Waals surface area (Å²) in [4.78, 5) is 12.4. The third-order valence-electron chi connectivity index (χ3n) is 4.18. The maximum Gasteiger partial charge on any atom is 0.240 e. The molecule has 0 bridgehead atoms. The third kappa shape index (κ3) is 5.04.